The van der Waals surface area contributed by atoms with Crippen molar-refractivity contribution in [1.82, 2.24) is 5.32 Å². The normalized spacial score (nSPS) is 11.6. The van der Waals surface area contributed by atoms with Crippen LogP contribution in [0.5, 0.6) is 0 Å². The van der Waals surface area contributed by atoms with Gasteiger partial charge >= 0.3 is 0 Å². The number of hydrogen-bond acceptors (Lipinski definition) is 3. The van der Waals surface area contributed by atoms with Crippen molar-refractivity contribution in [2.75, 3.05) is 13.1 Å². The van der Waals surface area contributed by atoms with Crippen molar-refractivity contribution in [3.8, 4) is 0 Å². The highest BCUT2D eigenvalue weighted by molar-refractivity contribution is 7.07. The van der Waals surface area contributed by atoms with E-state index in [0.717, 1.165) is 13.0 Å². The third-order valence-electron chi connectivity index (χ3n) is 2.40. The summed E-state index contributed by atoms with van der Waals surface area (Å²) in [6, 6.07) is 2.12. The average molecular weight is 226 g/mol. The average Bonchev–Trinajstić information content (AvgIpc) is 2.64. The molecule has 0 unspecified atom stereocenters. The molecular formula is C11H18N2OS. The summed E-state index contributed by atoms with van der Waals surface area (Å²) in [4.78, 5) is 11.0. The number of nitrogens with two attached hydrogens (primary N) is 1. The van der Waals surface area contributed by atoms with Crippen LogP contribution in [0.1, 0.15) is 19.4 Å². The van der Waals surface area contributed by atoms with Crippen LogP contribution in [0.15, 0.2) is 16.8 Å². The van der Waals surface area contributed by atoms with E-state index in [-0.39, 0.29) is 5.91 Å². The molecule has 1 amide bonds. The zero-order chi connectivity index (χ0) is 11.3. The summed E-state index contributed by atoms with van der Waals surface area (Å²) in [5.74, 6) is -0.259. The number of nitrogens with one attached hydrogen (secondary N) is 1. The lowest BCUT2D eigenvalue weighted by atomic mass is 9.93. The van der Waals surface area contributed by atoms with Crippen LogP contribution in [-0.2, 0) is 11.2 Å². The van der Waals surface area contributed by atoms with Gasteiger partial charge in [0.05, 0.1) is 5.41 Å². The van der Waals surface area contributed by atoms with E-state index in [9.17, 15) is 4.79 Å². The van der Waals surface area contributed by atoms with Gasteiger partial charge in [0.15, 0.2) is 0 Å². The number of thiophene rings is 1. The predicted molar refractivity (Wildman–Crippen MR) is 63.9 cm³/mol. The molecule has 0 atom stereocenters. The van der Waals surface area contributed by atoms with Crippen LogP contribution in [0.2, 0.25) is 0 Å². The zero-order valence-electron chi connectivity index (χ0n) is 9.25. The molecule has 3 nitrogen and oxygen atoms in total. The highest BCUT2D eigenvalue weighted by Gasteiger charge is 2.23. The Morgan fingerprint density at radius 2 is 2.33 bits per heavy atom. The molecule has 0 spiro atoms. The van der Waals surface area contributed by atoms with Gasteiger partial charge in [-0.1, -0.05) is 0 Å². The van der Waals surface area contributed by atoms with Crippen LogP contribution in [0.3, 0.4) is 0 Å². The lowest BCUT2D eigenvalue weighted by Gasteiger charge is -2.20. The molecule has 0 bridgehead atoms. The Morgan fingerprint density at radius 1 is 1.60 bits per heavy atom. The van der Waals surface area contributed by atoms with Gasteiger partial charge in [-0.15, -0.1) is 0 Å². The molecule has 3 N–H and O–H groups in total. The van der Waals surface area contributed by atoms with Crippen LogP contribution in [0.4, 0.5) is 0 Å². The minimum atomic E-state index is -0.464. The van der Waals surface area contributed by atoms with Gasteiger partial charge in [0, 0.05) is 6.54 Å². The molecular weight excluding hydrogens is 208 g/mol. The Balaban J connectivity index is 2.19. The van der Waals surface area contributed by atoms with Crippen molar-refractivity contribution in [3.63, 3.8) is 0 Å². The maximum absolute atomic E-state index is 11.0. The second-order valence-electron chi connectivity index (χ2n) is 4.31. The first-order valence-electron chi connectivity index (χ1n) is 5.04. The summed E-state index contributed by atoms with van der Waals surface area (Å²) in [7, 11) is 0. The topological polar surface area (TPSA) is 55.1 Å². The van der Waals surface area contributed by atoms with E-state index in [0.29, 0.717) is 6.54 Å². The van der Waals surface area contributed by atoms with Crippen molar-refractivity contribution < 1.29 is 4.79 Å². The Kier molecular flexibility index (Phi) is 4.29. The molecule has 0 aliphatic heterocycles. The van der Waals surface area contributed by atoms with Gasteiger partial charge < -0.3 is 11.1 Å². The number of hydrogen-bond donors (Lipinski definition) is 2. The highest BCUT2D eigenvalue weighted by Crippen LogP contribution is 2.12. The van der Waals surface area contributed by atoms with Gasteiger partial charge in [0.25, 0.3) is 0 Å². The summed E-state index contributed by atoms with van der Waals surface area (Å²) < 4.78 is 0. The number of carbonyl (C=O) groups is 1. The van der Waals surface area contributed by atoms with Crippen LogP contribution in [0.25, 0.3) is 0 Å². The zero-order valence-corrected chi connectivity index (χ0v) is 10.1. The van der Waals surface area contributed by atoms with Crippen LogP contribution in [0, 0.1) is 5.41 Å². The number of amides is 1. The smallest absolute Gasteiger partial charge is 0.224 e. The second kappa shape index (κ2) is 5.28. The number of carbonyl (C=O) groups excluding carboxylic acids is 1. The summed E-state index contributed by atoms with van der Waals surface area (Å²) in [5.41, 5.74) is 6.14. The molecule has 1 heterocycles. The molecule has 0 aliphatic carbocycles. The molecule has 15 heavy (non-hydrogen) atoms. The van der Waals surface area contributed by atoms with Crippen molar-refractivity contribution >= 4 is 17.2 Å². The Bertz CT molecular complexity index is 306. The largest absolute Gasteiger partial charge is 0.369 e. The van der Waals surface area contributed by atoms with E-state index in [1.54, 1.807) is 11.3 Å². The minimum absolute atomic E-state index is 0.259. The van der Waals surface area contributed by atoms with E-state index >= 15 is 0 Å². The third kappa shape index (κ3) is 4.01. The molecule has 4 heteroatoms. The fourth-order valence-electron chi connectivity index (χ4n) is 1.16. The second-order valence-corrected chi connectivity index (χ2v) is 5.09. The van der Waals surface area contributed by atoms with Crippen LogP contribution in [-0.4, -0.2) is 19.0 Å². The first-order valence-corrected chi connectivity index (χ1v) is 5.98. The fraction of sp³-hybridized carbons (Fsp3) is 0.545. The monoisotopic (exact) mass is 226 g/mol. The van der Waals surface area contributed by atoms with Crippen molar-refractivity contribution in [1.29, 1.82) is 0 Å². The Labute approximate surface area is 94.7 Å². The van der Waals surface area contributed by atoms with Crippen LogP contribution >= 0.6 is 11.3 Å². The van der Waals surface area contributed by atoms with Gasteiger partial charge in [0.2, 0.25) is 5.91 Å². The molecule has 0 radical (unpaired) electrons. The van der Waals surface area contributed by atoms with Crippen LogP contribution < -0.4 is 11.1 Å². The van der Waals surface area contributed by atoms with E-state index in [1.165, 1.54) is 5.56 Å². The van der Waals surface area contributed by atoms with Crippen molar-refractivity contribution in [3.05, 3.63) is 22.4 Å². The summed E-state index contributed by atoms with van der Waals surface area (Å²) >= 11 is 1.71. The van der Waals surface area contributed by atoms with Gasteiger partial charge in [-0.3, -0.25) is 4.79 Å². The summed E-state index contributed by atoms with van der Waals surface area (Å²) in [5, 5.41) is 7.46. The van der Waals surface area contributed by atoms with Gasteiger partial charge in [0.1, 0.15) is 0 Å². The first-order chi connectivity index (χ1) is 7.02. The Morgan fingerprint density at radius 3 is 2.87 bits per heavy atom. The molecule has 1 aromatic rings. The maximum atomic E-state index is 11.0. The maximum Gasteiger partial charge on any atom is 0.224 e. The number of primary amides is 1. The predicted octanol–water partition coefficient (Wildman–Crippen LogP) is 1.39. The van der Waals surface area contributed by atoms with Gasteiger partial charge in [-0.25, -0.2) is 0 Å². The molecule has 0 saturated heterocycles. The van der Waals surface area contributed by atoms with E-state index in [4.69, 9.17) is 5.73 Å². The van der Waals surface area contributed by atoms with Crippen molar-refractivity contribution in [2.45, 2.75) is 20.3 Å². The van der Waals surface area contributed by atoms with Crippen molar-refractivity contribution in [2.24, 2.45) is 11.1 Å². The van der Waals surface area contributed by atoms with Gasteiger partial charge in [-0.05, 0) is 49.2 Å². The molecule has 1 rings (SSSR count). The van der Waals surface area contributed by atoms with E-state index in [2.05, 4.69) is 22.1 Å². The summed E-state index contributed by atoms with van der Waals surface area (Å²) in [6.45, 7) is 5.22. The molecule has 0 aromatic carbocycles. The highest BCUT2D eigenvalue weighted by atomic mass is 32.1. The van der Waals surface area contributed by atoms with E-state index < -0.39 is 5.41 Å². The first kappa shape index (κ1) is 12.2. The number of rotatable bonds is 6. The summed E-state index contributed by atoms with van der Waals surface area (Å²) in [6.07, 6.45) is 0.998. The minimum Gasteiger partial charge on any atom is -0.369 e. The molecule has 0 fully saturated rings. The Hall–Kier alpha value is -0.870. The SMILES string of the molecule is CC(C)(CNCCc1ccsc1)C(N)=O. The van der Waals surface area contributed by atoms with E-state index in [1.807, 2.05) is 13.8 Å². The molecule has 0 saturated carbocycles. The quantitative estimate of drug-likeness (QED) is 0.720. The lowest BCUT2D eigenvalue weighted by molar-refractivity contribution is -0.125. The fourth-order valence-corrected chi connectivity index (χ4v) is 1.86. The molecule has 0 aliphatic rings. The standard InChI is InChI=1S/C11H18N2OS/c1-11(2,10(12)14)8-13-5-3-9-4-6-15-7-9/h4,6-7,13H,3,5,8H2,1-2H3,(H2,12,14). The molecule has 1 aromatic heterocycles. The third-order valence-corrected chi connectivity index (χ3v) is 3.14. The molecule has 84 valence electrons. The van der Waals surface area contributed by atoms with Gasteiger partial charge in [-0.2, -0.15) is 11.3 Å². The lowest BCUT2D eigenvalue weighted by Crippen LogP contribution is -2.40.